The molecule has 7 rings (SSSR count). The molecule has 9 heteroatoms. The molecule has 5 atom stereocenters. The first-order valence-electron chi connectivity index (χ1n) is 13.8. The SMILES string of the molecule is CN(C(=O)C=Cc1cccc(C(F)(F)F)c1)[C@H]1C=C[C@@]2(O)[C@H]3Cc4ccc(O)c5c4[C@@]2(CCN3CC2CC2)[C@H]1O5. The summed E-state index contributed by atoms with van der Waals surface area (Å²) in [4.78, 5) is 17.2. The molecule has 1 saturated heterocycles. The molecule has 2 bridgehead atoms. The molecule has 0 radical (unpaired) electrons. The molecular weight excluding hydrogens is 521 g/mol. The number of alkyl halides is 3. The number of nitrogens with zero attached hydrogens (tertiary/aromatic N) is 2. The predicted molar refractivity (Wildman–Crippen MR) is 142 cm³/mol. The Morgan fingerprint density at radius 2 is 2.05 bits per heavy atom. The molecule has 2 N–H and O–H groups in total. The second kappa shape index (κ2) is 8.60. The number of carbonyl (C=O) groups excluding carboxylic acids is 1. The molecule has 2 fully saturated rings. The standard InChI is InChI=1S/C31H31F3N2O4/c1-35(25(38)10-7-18-3-2-4-21(15-18)31(32,33)34)22-11-12-30(39)24-16-20-8-9-23(37)27-26(20)29(30,28(22)40-27)13-14-36(24)17-19-5-6-19/h2-4,7-12,15,19,22,24,28,37,39H,5-6,13-14,16-17H2,1H3/t22-,24+,28-,29-,30+/m0/s1. The van der Waals surface area contributed by atoms with Gasteiger partial charge in [0.1, 0.15) is 11.7 Å². The van der Waals surface area contributed by atoms with E-state index in [4.69, 9.17) is 4.74 Å². The predicted octanol–water partition coefficient (Wildman–Crippen LogP) is 4.29. The summed E-state index contributed by atoms with van der Waals surface area (Å²) in [6.45, 7) is 1.73. The van der Waals surface area contributed by atoms with E-state index in [1.54, 1.807) is 13.1 Å². The van der Waals surface area contributed by atoms with E-state index in [9.17, 15) is 28.2 Å². The molecular formula is C31H31F3N2O4. The van der Waals surface area contributed by atoms with Crippen molar-refractivity contribution in [2.24, 2.45) is 5.92 Å². The van der Waals surface area contributed by atoms with Gasteiger partial charge in [0.2, 0.25) is 5.91 Å². The van der Waals surface area contributed by atoms with Crippen LogP contribution in [0.1, 0.15) is 41.5 Å². The Hall–Kier alpha value is -3.30. The summed E-state index contributed by atoms with van der Waals surface area (Å²) in [6.07, 6.45) is 4.87. The van der Waals surface area contributed by atoms with Gasteiger partial charge in [-0.1, -0.05) is 30.4 Å². The Morgan fingerprint density at radius 3 is 2.80 bits per heavy atom. The number of likely N-dealkylation sites (tertiary alicyclic amines) is 1. The van der Waals surface area contributed by atoms with Gasteiger partial charge in [-0.15, -0.1) is 0 Å². The molecule has 3 aliphatic carbocycles. The van der Waals surface area contributed by atoms with Gasteiger partial charge in [-0.05, 0) is 73.5 Å². The summed E-state index contributed by atoms with van der Waals surface area (Å²) < 4.78 is 45.9. The summed E-state index contributed by atoms with van der Waals surface area (Å²) in [6, 6.07) is 7.67. The van der Waals surface area contributed by atoms with Gasteiger partial charge in [0.25, 0.3) is 0 Å². The number of rotatable bonds is 5. The third-order valence-corrected chi connectivity index (χ3v) is 9.74. The summed E-state index contributed by atoms with van der Waals surface area (Å²) in [7, 11) is 1.63. The minimum atomic E-state index is -4.47. The number of amides is 1. The summed E-state index contributed by atoms with van der Waals surface area (Å²) in [5, 5.41) is 23.3. The van der Waals surface area contributed by atoms with Gasteiger partial charge < -0.3 is 19.8 Å². The average Bonchev–Trinajstić information content (AvgIpc) is 3.66. The number of carbonyl (C=O) groups is 1. The second-order valence-electron chi connectivity index (χ2n) is 11.9. The monoisotopic (exact) mass is 552 g/mol. The van der Waals surface area contributed by atoms with Crippen molar-refractivity contribution in [2.45, 2.75) is 61.1 Å². The van der Waals surface area contributed by atoms with Crippen LogP contribution in [0.5, 0.6) is 11.5 Å². The third kappa shape index (κ3) is 3.59. The Balaban J connectivity index is 1.23. The van der Waals surface area contributed by atoms with Gasteiger partial charge in [0.05, 0.1) is 17.0 Å². The lowest BCUT2D eigenvalue weighted by molar-refractivity contribution is -0.154. The van der Waals surface area contributed by atoms with E-state index in [0.717, 1.165) is 36.3 Å². The highest BCUT2D eigenvalue weighted by Gasteiger charge is 2.72. The number of hydrogen-bond acceptors (Lipinski definition) is 5. The van der Waals surface area contributed by atoms with E-state index >= 15 is 0 Å². The average molecular weight is 553 g/mol. The Labute approximate surface area is 230 Å². The van der Waals surface area contributed by atoms with Crippen molar-refractivity contribution >= 4 is 12.0 Å². The van der Waals surface area contributed by atoms with E-state index in [1.807, 2.05) is 18.2 Å². The highest BCUT2D eigenvalue weighted by atomic mass is 19.4. The van der Waals surface area contributed by atoms with E-state index in [1.165, 1.54) is 42.0 Å². The summed E-state index contributed by atoms with van der Waals surface area (Å²) >= 11 is 0. The molecule has 0 aromatic heterocycles. The molecule has 2 aromatic carbocycles. The Bertz CT molecular complexity index is 1450. The molecule has 1 saturated carbocycles. The summed E-state index contributed by atoms with van der Waals surface area (Å²) in [5.41, 5.74) is -0.684. The number of aromatic hydroxyl groups is 1. The lowest BCUT2D eigenvalue weighted by atomic mass is 9.50. The van der Waals surface area contributed by atoms with Gasteiger partial charge in [0, 0.05) is 31.3 Å². The molecule has 210 valence electrons. The van der Waals surface area contributed by atoms with Crippen molar-refractivity contribution in [2.75, 3.05) is 20.1 Å². The van der Waals surface area contributed by atoms with Crippen molar-refractivity contribution in [3.63, 3.8) is 0 Å². The first kappa shape index (κ1) is 25.7. The van der Waals surface area contributed by atoms with Crippen LogP contribution in [0.25, 0.3) is 6.08 Å². The van der Waals surface area contributed by atoms with Gasteiger partial charge in [-0.2, -0.15) is 13.2 Å². The number of aliphatic hydroxyl groups is 1. The van der Waals surface area contributed by atoms with Crippen LogP contribution in [0.15, 0.2) is 54.6 Å². The number of phenolic OH excluding ortho intramolecular Hbond substituents is 1. The normalized spacial score (nSPS) is 32.2. The quantitative estimate of drug-likeness (QED) is 0.428. The zero-order valence-corrected chi connectivity index (χ0v) is 22.1. The number of benzene rings is 2. The van der Waals surface area contributed by atoms with Gasteiger partial charge in [-0.25, -0.2) is 0 Å². The van der Waals surface area contributed by atoms with Crippen LogP contribution in [0, 0.1) is 5.92 Å². The van der Waals surface area contributed by atoms with Crippen LogP contribution >= 0.6 is 0 Å². The molecule has 2 aliphatic heterocycles. The lowest BCUT2D eigenvalue weighted by Gasteiger charge is -2.62. The molecule has 6 nitrogen and oxygen atoms in total. The minimum absolute atomic E-state index is 0.0147. The van der Waals surface area contributed by atoms with Crippen molar-refractivity contribution < 1.29 is 32.9 Å². The van der Waals surface area contributed by atoms with Crippen LogP contribution in [-0.4, -0.2) is 69.8 Å². The van der Waals surface area contributed by atoms with Crippen molar-refractivity contribution in [1.82, 2.24) is 9.80 Å². The third-order valence-electron chi connectivity index (χ3n) is 9.74. The van der Waals surface area contributed by atoms with Crippen LogP contribution in [-0.2, 0) is 22.8 Å². The second-order valence-corrected chi connectivity index (χ2v) is 11.9. The van der Waals surface area contributed by atoms with Crippen molar-refractivity contribution in [1.29, 1.82) is 0 Å². The van der Waals surface area contributed by atoms with Crippen LogP contribution < -0.4 is 4.74 Å². The maximum atomic E-state index is 13.3. The smallest absolute Gasteiger partial charge is 0.416 e. The minimum Gasteiger partial charge on any atom is -0.504 e. The number of piperidine rings is 1. The van der Waals surface area contributed by atoms with Crippen LogP contribution in [0.4, 0.5) is 13.2 Å². The lowest BCUT2D eigenvalue weighted by Crippen LogP contribution is -2.76. The van der Waals surface area contributed by atoms with Crippen molar-refractivity contribution in [3.05, 3.63) is 76.9 Å². The topological polar surface area (TPSA) is 73.2 Å². The van der Waals surface area contributed by atoms with Crippen molar-refractivity contribution in [3.8, 4) is 11.5 Å². The van der Waals surface area contributed by atoms with E-state index in [2.05, 4.69) is 4.90 Å². The zero-order chi connectivity index (χ0) is 28.0. The molecule has 40 heavy (non-hydrogen) atoms. The molecule has 1 amide bonds. The zero-order valence-electron chi connectivity index (χ0n) is 22.1. The molecule has 5 aliphatic rings. The number of likely N-dealkylation sites (N-methyl/N-ethyl adjacent to an activating group) is 1. The Kier molecular flexibility index (Phi) is 5.52. The van der Waals surface area contributed by atoms with E-state index in [-0.39, 0.29) is 17.4 Å². The Morgan fingerprint density at radius 1 is 1.25 bits per heavy atom. The van der Waals surface area contributed by atoms with E-state index in [0.29, 0.717) is 24.5 Å². The van der Waals surface area contributed by atoms with Gasteiger partial charge in [0.15, 0.2) is 11.5 Å². The highest BCUT2D eigenvalue weighted by Crippen LogP contribution is 2.64. The molecule has 2 heterocycles. The number of halogens is 3. The van der Waals surface area contributed by atoms with Gasteiger partial charge >= 0.3 is 6.18 Å². The van der Waals surface area contributed by atoms with E-state index < -0.39 is 40.8 Å². The highest BCUT2D eigenvalue weighted by molar-refractivity contribution is 5.92. The largest absolute Gasteiger partial charge is 0.504 e. The molecule has 0 unspecified atom stereocenters. The van der Waals surface area contributed by atoms with Gasteiger partial charge in [-0.3, -0.25) is 9.69 Å². The molecule has 2 aromatic rings. The fraction of sp³-hybridized carbons (Fsp3) is 0.452. The fourth-order valence-corrected chi connectivity index (χ4v) is 7.60. The first-order valence-corrected chi connectivity index (χ1v) is 13.8. The van der Waals surface area contributed by atoms with Crippen LogP contribution in [0.3, 0.4) is 0 Å². The number of ether oxygens (including phenoxy) is 1. The number of hydrogen-bond donors (Lipinski definition) is 2. The maximum absolute atomic E-state index is 13.3. The summed E-state index contributed by atoms with van der Waals surface area (Å²) in [5.74, 6) is 0.652. The molecule has 1 spiro atoms. The first-order chi connectivity index (χ1) is 19.0. The maximum Gasteiger partial charge on any atom is 0.416 e. The van der Waals surface area contributed by atoms with Crippen LogP contribution in [0.2, 0.25) is 0 Å². The number of phenols is 1. The fourth-order valence-electron chi connectivity index (χ4n) is 7.60.